The second-order valence-corrected chi connectivity index (χ2v) is 4.23. The molecule has 0 amide bonds. The summed E-state index contributed by atoms with van der Waals surface area (Å²) in [6.45, 7) is 0. The van der Waals surface area contributed by atoms with Crippen LogP contribution in [0.25, 0.3) is 0 Å². The number of nitrogens with zero attached hydrogens (tertiary/aromatic N) is 1. The lowest BCUT2D eigenvalue weighted by atomic mass is 9.89. The van der Waals surface area contributed by atoms with Gasteiger partial charge in [-0.15, -0.1) is 0 Å². The van der Waals surface area contributed by atoms with Crippen molar-refractivity contribution in [2.24, 2.45) is 0 Å². The minimum atomic E-state index is -1.06. The number of anilines is 1. The summed E-state index contributed by atoms with van der Waals surface area (Å²) in [5, 5.41) is 21.2. The van der Waals surface area contributed by atoms with Crippen LogP contribution >= 0.6 is 11.6 Å². The predicted octanol–water partition coefficient (Wildman–Crippen LogP) is 1.37. The van der Waals surface area contributed by atoms with E-state index >= 15 is 0 Å². The minimum Gasteiger partial charge on any atom is -0.478 e. The summed E-state index contributed by atoms with van der Waals surface area (Å²) in [4.78, 5) is 14.6. The molecule has 0 radical (unpaired) electrons. The van der Waals surface area contributed by atoms with Crippen molar-refractivity contribution in [1.82, 2.24) is 4.98 Å². The first-order chi connectivity index (χ1) is 7.56. The van der Waals surface area contributed by atoms with Crippen LogP contribution in [0.15, 0.2) is 12.3 Å². The summed E-state index contributed by atoms with van der Waals surface area (Å²) >= 11 is 5.88. The Balaban J connectivity index is 2.07. The van der Waals surface area contributed by atoms with Crippen molar-refractivity contribution >= 4 is 23.4 Å². The predicted molar refractivity (Wildman–Crippen MR) is 58.9 cm³/mol. The van der Waals surface area contributed by atoms with E-state index < -0.39 is 5.97 Å². The molecule has 0 bridgehead atoms. The Hall–Kier alpha value is -1.33. The standard InChI is InChI=1S/C10H11ClN2O3/c11-8-1-5(10(15)16)4-12-9(8)13-6-2-7(14)3-6/h1,4,6-7,14H,2-3H2,(H,12,13)(H,15,16). The van der Waals surface area contributed by atoms with Crippen molar-refractivity contribution in [1.29, 1.82) is 0 Å². The second kappa shape index (κ2) is 4.27. The fourth-order valence-corrected chi connectivity index (χ4v) is 1.78. The summed E-state index contributed by atoms with van der Waals surface area (Å²) in [5.41, 5.74) is 0.0594. The summed E-state index contributed by atoms with van der Waals surface area (Å²) in [6.07, 6.45) is 2.33. The molecule has 6 heteroatoms. The first-order valence-electron chi connectivity index (χ1n) is 4.89. The van der Waals surface area contributed by atoms with E-state index in [0.717, 1.165) is 0 Å². The minimum absolute atomic E-state index is 0.0594. The zero-order chi connectivity index (χ0) is 11.7. The molecular formula is C10H11ClN2O3. The van der Waals surface area contributed by atoms with E-state index in [1.165, 1.54) is 12.3 Å². The number of hydrogen-bond acceptors (Lipinski definition) is 4. The van der Waals surface area contributed by atoms with Crippen LogP contribution in [0.1, 0.15) is 23.2 Å². The maximum absolute atomic E-state index is 10.6. The lowest BCUT2D eigenvalue weighted by Crippen LogP contribution is -2.39. The molecule has 1 saturated carbocycles. The third-order valence-electron chi connectivity index (χ3n) is 2.54. The third kappa shape index (κ3) is 2.25. The van der Waals surface area contributed by atoms with E-state index in [1.807, 2.05) is 0 Å². The van der Waals surface area contributed by atoms with E-state index in [0.29, 0.717) is 18.7 Å². The molecule has 1 fully saturated rings. The normalized spacial score (nSPS) is 23.6. The van der Waals surface area contributed by atoms with Crippen LogP contribution in [0.3, 0.4) is 0 Å². The molecular weight excluding hydrogens is 232 g/mol. The third-order valence-corrected chi connectivity index (χ3v) is 2.83. The van der Waals surface area contributed by atoms with Crippen LogP contribution in [0.5, 0.6) is 0 Å². The van der Waals surface area contributed by atoms with Gasteiger partial charge in [-0.3, -0.25) is 0 Å². The van der Waals surface area contributed by atoms with Gasteiger partial charge in [0.2, 0.25) is 0 Å². The number of halogens is 1. The Labute approximate surface area is 97.1 Å². The van der Waals surface area contributed by atoms with E-state index in [1.54, 1.807) is 0 Å². The van der Waals surface area contributed by atoms with Gasteiger partial charge < -0.3 is 15.5 Å². The zero-order valence-corrected chi connectivity index (χ0v) is 9.11. The van der Waals surface area contributed by atoms with E-state index in [9.17, 15) is 4.79 Å². The summed E-state index contributed by atoms with van der Waals surface area (Å²) < 4.78 is 0. The van der Waals surface area contributed by atoms with Crippen LogP contribution in [0, 0.1) is 0 Å². The van der Waals surface area contributed by atoms with Crippen molar-refractivity contribution in [3.05, 3.63) is 22.8 Å². The van der Waals surface area contributed by atoms with E-state index in [4.69, 9.17) is 21.8 Å². The van der Waals surface area contributed by atoms with Gasteiger partial charge in [0.05, 0.1) is 16.7 Å². The van der Waals surface area contributed by atoms with Gasteiger partial charge in [-0.05, 0) is 18.9 Å². The molecule has 86 valence electrons. The van der Waals surface area contributed by atoms with Gasteiger partial charge in [-0.25, -0.2) is 9.78 Å². The number of rotatable bonds is 3. The number of hydrogen-bond donors (Lipinski definition) is 3. The molecule has 0 aromatic carbocycles. The van der Waals surface area contributed by atoms with Gasteiger partial charge in [0.25, 0.3) is 0 Å². The van der Waals surface area contributed by atoms with Crippen LogP contribution in [-0.2, 0) is 0 Å². The first kappa shape index (κ1) is 11.2. The molecule has 1 aliphatic rings. The molecule has 0 atom stereocenters. The highest BCUT2D eigenvalue weighted by atomic mass is 35.5. The van der Waals surface area contributed by atoms with E-state index in [-0.39, 0.29) is 22.7 Å². The molecule has 3 N–H and O–H groups in total. The molecule has 0 unspecified atom stereocenters. The fraction of sp³-hybridized carbons (Fsp3) is 0.400. The Kier molecular flexibility index (Phi) is 2.98. The van der Waals surface area contributed by atoms with Gasteiger partial charge in [0.1, 0.15) is 5.82 Å². The summed E-state index contributed by atoms with van der Waals surface area (Å²) in [6, 6.07) is 1.52. The highest BCUT2D eigenvalue weighted by Gasteiger charge is 2.27. The van der Waals surface area contributed by atoms with Crippen LogP contribution < -0.4 is 5.32 Å². The van der Waals surface area contributed by atoms with Crippen molar-refractivity contribution in [3.8, 4) is 0 Å². The molecule has 5 nitrogen and oxygen atoms in total. The molecule has 0 saturated heterocycles. The maximum Gasteiger partial charge on any atom is 0.337 e. The number of carbonyl (C=O) groups is 1. The van der Waals surface area contributed by atoms with Gasteiger partial charge in [-0.1, -0.05) is 11.6 Å². The molecule has 2 rings (SSSR count). The Bertz CT molecular complexity index is 419. The fourth-order valence-electron chi connectivity index (χ4n) is 1.56. The highest BCUT2D eigenvalue weighted by molar-refractivity contribution is 6.33. The number of carboxylic acids is 1. The van der Waals surface area contributed by atoms with Crippen LogP contribution in [0.2, 0.25) is 5.02 Å². The van der Waals surface area contributed by atoms with Gasteiger partial charge in [0.15, 0.2) is 0 Å². The maximum atomic E-state index is 10.6. The smallest absolute Gasteiger partial charge is 0.337 e. The quantitative estimate of drug-likeness (QED) is 0.746. The van der Waals surface area contributed by atoms with Gasteiger partial charge >= 0.3 is 5.97 Å². The molecule has 1 aromatic heterocycles. The topological polar surface area (TPSA) is 82.5 Å². The monoisotopic (exact) mass is 242 g/mol. The molecule has 1 aromatic rings. The van der Waals surface area contributed by atoms with Crippen molar-refractivity contribution in [2.45, 2.75) is 25.0 Å². The molecule has 16 heavy (non-hydrogen) atoms. The Morgan fingerprint density at radius 1 is 1.56 bits per heavy atom. The van der Waals surface area contributed by atoms with Crippen LogP contribution in [-0.4, -0.2) is 33.3 Å². The van der Waals surface area contributed by atoms with Crippen molar-refractivity contribution in [3.63, 3.8) is 0 Å². The number of aromatic carboxylic acids is 1. The number of nitrogens with one attached hydrogen (secondary N) is 1. The van der Waals surface area contributed by atoms with E-state index in [2.05, 4.69) is 10.3 Å². The zero-order valence-electron chi connectivity index (χ0n) is 8.35. The number of aliphatic hydroxyl groups excluding tert-OH is 1. The number of carboxylic acid groups (broad SMARTS) is 1. The Morgan fingerprint density at radius 2 is 2.25 bits per heavy atom. The largest absolute Gasteiger partial charge is 0.478 e. The molecule has 0 aliphatic heterocycles. The van der Waals surface area contributed by atoms with Gasteiger partial charge in [0, 0.05) is 12.2 Å². The lowest BCUT2D eigenvalue weighted by molar-refractivity contribution is 0.0696. The molecule has 1 aliphatic carbocycles. The SMILES string of the molecule is O=C(O)c1cnc(NC2CC(O)C2)c(Cl)c1. The molecule has 0 spiro atoms. The number of aromatic nitrogens is 1. The highest BCUT2D eigenvalue weighted by Crippen LogP contribution is 2.27. The van der Waals surface area contributed by atoms with Crippen LogP contribution in [0.4, 0.5) is 5.82 Å². The first-order valence-corrected chi connectivity index (χ1v) is 5.27. The second-order valence-electron chi connectivity index (χ2n) is 3.83. The van der Waals surface area contributed by atoms with Gasteiger partial charge in [-0.2, -0.15) is 0 Å². The summed E-state index contributed by atoms with van der Waals surface area (Å²) in [7, 11) is 0. The summed E-state index contributed by atoms with van der Waals surface area (Å²) in [5.74, 6) is -0.594. The lowest BCUT2D eigenvalue weighted by Gasteiger charge is -2.32. The average molecular weight is 243 g/mol. The average Bonchev–Trinajstić information content (AvgIpc) is 2.18. The number of aliphatic hydroxyl groups is 1. The van der Waals surface area contributed by atoms with Crippen molar-refractivity contribution in [2.75, 3.05) is 5.32 Å². The van der Waals surface area contributed by atoms with Crippen molar-refractivity contribution < 1.29 is 15.0 Å². The molecule has 1 heterocycles. The Morgan fingerprint density at radius 3 is 2.75 bits per heavy atom. The number of pyridine rings is 1.